The predicted molar refractivity (Wildman–Crippen MR) is 116 cm³/mol. The number of nitriles is 1. The van der Waals surface area contributed by atoms with Gasteiger partial charge in [-0.1, -0.05) is 12.1 Å². The number of carbonyl (C=O) groups excluding carboxylic acids is 3. The summed E-state index contributed by atoms with van der Waals surface area (Å²) >= 11 is 0. The zero-order valence-corrected chi connectivity index (χ0v) is 18.1. The summed E-state index contributed by atoms with van der Waals surface area (Å²) in [5.41, 5.74) is 3.37. The molecule has 7 heteroatoms. The summed E-state index contributed by atoms with van der Waals surface area (Å²) in [6.45, 7) is 6.77. The lowest BCUT2D eigenvalue weighted by molar-refractivity contribution is -0.148. The zero-order chi connectivity index (χ0) is 22.7. The molecule has 31 heavy (non-hydrogen) atoms. The first-order valence-electron chi connectivity index (χ1n) is 10.1. The molecule has 2 aromatic rings. The number of nitrogens with zero attached hydrogens (tertiary/aromatic N) is 2. The molecule has 1 aromatic carbocycles. The average molecular weight is 419 g/mol. The van der Waals surface area contributed by atoms with E-state index >= 15 is 0 Å². The van der Waals surface area contributed by atoms with Crippen LogP contribution in [0.3, 0.4) is 0 Å². The molecule has 160 valence electrons. The van der Waals surface area contributed by atoms with Crippen molar-refractivity contribution in [2.24, 2.45) is 0 Å². The number of rotatable bonds is 7. The number of anilines is 1. The number of aromatic nitrogens is 1. The van der Waals surface area contributed by atoms with Crippen molar-refractivity contribution >= 4 is 29.4 Å². The molecule has 0 aliphatic heterocycles. The number of ether oxygens (including phenoxy) is 1. The first-order chi connectivity index (χ1) is 14.7. The Balaban J connectivity index is 1.72. The van der Waals surface area contributed by atoms with Crippen molar-refractivity contribution in [3.8, 4) is 6.07 Å². The van der Waals surface area contributed by atoms with Gasteiger partial charge in [0.1, 0.15) is 11.6 Å². The normalized spacial score (nSPS) is 14.5. The Labute approximate surface area is 181 Å². The minimum Gasteiger partial charge on any atom is -0.448 e. The highest BCUT2D eigenvalue weighted by Crippen LogP contribution is 2.38. The maximum absolute atomic E-state index is 12.5. The van der Waals surface area contributed by atoms with E-state index in [4.69, 9.17) is 4.74 Å². The number of amides is 1. The summed E-state index contributed by atoms with van der Waals surface area (Å²) in [5.74, 6) is -1.66. The maximum atomic E-state index is 12.5. The number of nitrogens with one attached hydrogen (secondary N) is 1. The van der Waals surface area contributed by atoms with Gasteiger partial charge < -0.3 is 14.6 Å². The molecule has 1 aliphatic rings. The summed E-state index contributed by atoms with van der Waals surface area (Å²) in [4.78, 5) is 36.7. The third kappa shape index (κ3) is 4.92. The molecule has 1 heterocycles. The molecule has 1 amide bonds. The molecule has 0 unspecified atom stereocenters. The van der Waals surface area contributed by atoms with Crippen LogP contribution in [0.5, 0.6) is 0 Å². The Morgan fingerprint density at radius 2 is 1.94 bits per heavy atom. The van der Waals surface area contributed by atoms with Crippen LogP contribution in [0.1, 0.15) is 60.0 Å². The molecule has 0 saturated heterocycles. The van der Waals surface area contributed by atoms with Crippen LogP contribution in [-0.4, -0.2) is 28.3 Å². The molecule has 0 radical (unpaired) electrons. The number of para-hydroxylation sites is 1. The van der Waals surface area contributed by atoms with Gasteiger partial charge >= 0.3 is 5.97 Å². The van der Waals surface area contributed by atoms with E-state index in [9.17, 15) is 19.6 Å². The molecular weight excluding hydrogens is 394 g/mol. The molecule has 7 nitrogen and oxygen atoms in total. The molecule has 1 aromatic heterocycles. The Hall–Kier alpha value is -3.66. The van der Waals surface area contributed by atoms with Crippen LogP contribution in [-0.2, 0) is 14.3 Å². The van der Waals surface area contributed by atoms with E-state index in [1.807, 2.05) is 26.0 Å². The highest BCUT2D eigenvalue weighted by atomic mass is 16.5. The third-order valence-corrected chi connectivity index (χ3v) is 5.29. The van der Waals surface area contributed by atoms with Gasteiger partial charge in [0.2, 0.25) is 0 Å². The topological polar surface area (TPSA) is 101 Å². The van der Waals surface area contributed by atoms with Gasteiger partial charge in [-0.25, -0.2) is 4.79 Å². The molecule has 0 bridgehead atoms. The number of aryl methyl sites for hydroxylation is 1. The summed E-state index contributed by atoms with van der Waals surface area (Å²) in [6, 6.07) is 10.9. The summed E-state index contributed by atoms with van der Waals surface area (Å²) in [6.07, 6.45) is 2.61. The number of esters is 1. The van der Waals surface area contributed by atoms with Crippen LogP contribution in [0.2, 0.25) is 0 Å². The van der Waals surface area contributed by atoms with Crippen molar-refractivity contribution in [2.45, 2.75) is 52.7 Å². The van der Waals surface area contributed by atoms with Crippen molar-refractivity contribution < 1.29 is 19.1 Å². The molecule has 0 spiro atoms. The Morgan fingerprint density at radius 1 is 1.26 bits per heavy atom. The van der Waals surface area contributed by atoms with E-state index in [2.05, 4.69) is 9.88 Å². The van der Waals surface area contributed by atoms with Crippen molar-refractivity contribution in [3.05, 3.63) is 58.4 Å². The first-order valence-corrected chi connectivity index (χ1v) is 10.1. The Kier molecular flexibility index (Phi) is 6.40. The summed E-state index contributed by atoms with van der Waals surface area (Å²) in [7, 11) is 0. The van der Waals surface area contributed by atoms with E-state index < -0.39 is 18.0 Å². The smallest absolute Gasteiger partial charge is 0.349 e. The molecule has 1 aliphatic carbocycles. The van der Waals surface area contributed by atoms with Crippen LogP contribution in [0.4, 0.5) is 5.69 Å². The molecule has 1 N–H and O–H groups in total. The lowest BCUT2D eigenvalue weighted by Crippen LogP contribution is -2.30. The molecule has 1 fully saturated rings. The van der Waals surface area contributed by atoms with Gasteiger partial charge in [0.15, 0.2) is 11.9 Å². The van der Waals surface area contributed by atoms with Crippen LogP contribution in [0.15, 0.2) is 35.9 Å². The van der Waals surface area contributed by atoms with Gasteiger partial charge in [-0.15, -0.1) is 0 Å². The number of hydrogen-bond donors (Lipinski definition) is 1. The van der Waals surface area contributed by atoms with Gasteiger partial charge in [-0.3, -0.25) is 9.59 Å². The zero-order valence-electron chi connectivity index (χ0n) is 18.1. The van der Waals surface area contributed by atoms with E-state index in [0.717, 1.165) is 29.8 Å². The Bertz CT molecular complexity index is 1120. The van der Waals surface area contributed by atoms with Gasteiger partial charge in [-0.05, 0) is 70.4 Å². The quantitative estimate of drug-likeness (QED) is 0.315. The minimum atomic E-state index is -1.15. The van der Waals surface area contributed by atoms with Gasteiger partial charge in [-0.2, -0.15) is 5.26 Å². The lowest BCUT2D eigenvalue weighted by atomic mass is 10.1. The van der Waals surface area contributed by atoms with Crippen molar-refractivity contribution in [1.82, 2.24) is 4.57 Å². The average Bonchev–Trinajstić information content (AvgIpc) is 3.51. The fourth-order valence-corrected chi connectivity index (χ4v) is 3.55. The van der Waals surface area contributed by atoms with Crippen LogP contribution < -0.4 is 5.32 Å². The second kappa shape index (κ2) is 9.00. The molecule has 1 saturated carbocycles. The van der Waals surface area contributed by atoms with Gasteiger partial charge in [0.25, 0.3) is 5.91 Å². The Morgan fingerprint density at radius 3 is 2.55 bits per heavy atom. The highest BCUT2D eigenvalue weighted by molar-refractivity contribution is 6.05. The van der Waals surface area contributed by atoms with E-state index in [0.29, 0.717) is 17.3 Å². The second-order valence-electron chi connectivity index (χ2n) is 7.74. The summed E-state index contributed by atoms with van der Waals surface area (Å²) in [5, 5.41) is 12.1. The van der Waals surface area contributed by atoms with E-state index in [-0.39, 0.29) is 11.4 Å². The van der Waals surface area contributed by atoms with Crippen LogP contribution in [0.25, 0.3) is 6.08 Å². The predicted octanol–water partition coefficient (Wildman–Crippen LogP) is 4.12. The second-order valence-corrected chi connectivity index (χ2v) is 7.74. The van der Waals surface area contributed by atoms with Crippen LogP contribution in [0, 0.1) is 25.2 Å². The van der Waals surface area contributed by atoms with Crippen LogP contribution >= 0.6 is 0 Å². The lowest BCUT2D eigenvalue weighted by Gasteiger charge is -2.14. The maximum Gasteiger partial charge on any atom is 0.349 e. The monoisotopic (exact) mass is 419 g/mol. The molecule has 1 atom stereocenters. The number of carbonyl (C=O) groups is 3. The van der Waals surface area contributed by atoms with E-state index in [1.165, 1.54) is 19.9 Å². The van der Waals surface area contributed by atoms with Crippen molar-refractivity contribution in [1.29, 1.82) is 5.26 Å². The largest absolute Gasteiger partial charge is 0.448 e. The standard InChI is InChI=1S/C24H25N3O4/c1-14-11-18(15(2)27(14)20-9-10-20)12-19(13-25)24(30)31-17(4)23(29)26-22-8-6-5-7-21(22)16(3)28/h5-8,11-12,17,20H,9-10H2,1-4H3,(H,26,29)/b19-12+/t17-/m1/s1. The number of Topliss-reactive ketones (excluding diaryl/α,β-unsaturated/α-hetero) is 1. The van der Waals surface area contributed by atoms with Gasteiger partial charge in [0, 0.05) is 23.0 Å². The number of benzene rings is 1. The first kappa shape index (κ1) is 22.0. The SMILES string of the molecule is CC(=O)c1ccccc1NC(=O)[C@@H](C)OC(=O)/C(C#N)=C/c1cc(C)n(C2CC2)c1C. The fourth-order valence-electron chi connectivity index (χ4n) is 3.55. The number of ketones is 1. The van der Waals surface area contributed by atoms with Gasteiger partial charge in [0.05, 0.1) is 5.69 Å². The molecule has 3 rings (SSSR count). The fraction of sp³-hybridized carbons (Fsp3) is 0.333. The van der Waals surface area contributed by atoms with Crippen molar-refractivity contribution in [3.63, 3.8) is 0 Å². The van der Waals surface area contributed by atoms with E-state index in [1.54, 1.807) is 24.3 Å². The summed E-state index contributed by atoms with van der Waals surface area (Å²) < 4.78 is 7.43. The minimum absolute atomic E-state index is 0.181. The highest BCUT2D eigenvalue weighted by Gasteiger charge is 2.27. The third-order valence-electron chi connectivity index (χ3n) is 5.29. The number of hydrogen-bond acceptors (Lipinski definition) is 5. The molecular formula is C24H25N3O4. The van der Waals surface area contributed by atoms with Crippen molar-refractivity contribution in [2.75, 3.05) is 5.32 Å².